The Kier molecular flexibility index (Phi) is 6.81. The monoisotopic (exact) mass is 521 g/mol. The second kappa shape index (κ2) is 8.68. The Hall–Kier alpha value is -1.52. The molecule has 6 atom stereocenters. The molecule has 1 aliphatic rings. The number of fused-ring (bicyclic) bond motifs is 1. The predicted octanol–water partition coefficient (Wildman–Crippen LogP) is -2.22. The Morgan fingerprint density at radius 2 is 1.84 bits per heavy atom. The number of aliphatic hydroxyl groups is 2. The largest absolute Gasteiger partial charge is 0.479 e. The number of ether oxygens (including phenoxy) is 1. The van der Waals surface area contributed by atoms with Crippen molar-refractivity contribution in [3.05, 3.63) is 16.7 Å². The third kappa shape index (κ3) is 5.69. The number of nitrogens with one attached hydrogen (secondary N) is 1. The summed E-state index contributed by atoms with van der Waals surface area (Å²) in [5.41, 5.74) is 4.55. The minimum atomic E-state index is -5.35. The lowest BCUT2D eigenvalue weighted by Crippen LogP contribution is -2.33. The summed E-state index contributed by atoms with van der Waals surface area (Å²) in [7, 11) is -15.7. The lowest BCUT2D eigenvalue weighted by Gasteiger charge is -2.19. The van der Waals surface area contributed by atoms with E-state index in [0.717, 1.165) is 10.9 Å². The third-order valence-electron chi connectivity index (χ3n) is 4.06. The molecule has 21 heteroatoms. The number of phosphoric acid groups is 1. The molecule has 0 saturated carbocycles. The van der Waals surface area contributed by atoms with E-state index in [0.29, 0.717) is 0 Å². The van der Waals surface area contributed by atoms with Gasteiger partial charge >= 0.3 is 23.0 Å². The highest BCUT2D eigenvalue weighted by Gasteiger charge is 2.46. The van der Waals surface area contributed by atoms with Crippen molar-refractivity contribution in [3.8, 4) is 0 Å². The summed E-state index contributed by atoms with van der Waals surface area (Å²) >= 11 is 0. The molecule has 2 unspecified atom stereocenters. The van der Waals surface area contributed by atoms with E-state index in [4.69, 9.17) is 20.3 Å². The van der Waals surface area contributed by atoms with Gasteiger partial charge in [-0.05, 0) is 0 Å². The van der Waals surface area contributed by atoms with Crippen LogP contribution in [0.5, 0.6) is 0 Å². The number of hydrogen-bond donors (Lipinski definition) is 8. The summed E-state index contributed by atoms with van der Waals surface area (Å²) in [5.74, 6) is -2.00. The van der Waals surface area contributed by atoms with Crippen molar-refractivity contribution in [2.75, 3.05) is 18.2 Å². The minimum Gasteiger partial charge on any atom is -0.387 e. The molecular weight excluding hydrogens is 503 g/mol. The fourth-order valence-electron chi connectivity index (χ4n) is 2.84. The van der Waals surface area contributed by atoms with E-state index in [1.165, 1.54) is 0 Å². The summed E-state index contributed by atoms with van der Waals surface area (Å²) in [6, 6.07) is 0. The molecule has 1 aliphatic heterocycles. The topological polar surface area (TPSA) is 290 Å². The minimum absolute atomic E-state index is 0.0983. The fraction of sp³-hybridized carbons (Fsp3) is 0.545. The molecule has 1 fully saturated rings. The van der Waals surface area contributed by atoms with Crippen LogP contribution in [0.2, 0.25) is 0 Å². The fourth-order valence-corrected chi connectivity index (χ4v) is 7.18. The van der Waals surface area contributed by atoms with E-state index < -0.39 is 65.6 Å². The van der Waals surface area contributed by atoms with Gasteiger partial charge in [-0.25, -0.2) is 13.9 Å². The molecule has 180 valence electrons. The first kappa shape index (κ1) is 25.1. The van der Waals surface area contributed by atoms with Crippen LogP contribution in [0, 0.1) is 0 Å². The average molecular weight is 521 g/mol. The van der Waals surface area contributed by atoms with Gasteiger partial charge in [-0.3, -0.25) is 28.0 Å². The normalized spacial score (nSPS) is 27.9. The van der Waals surface area contributed by atoms with Crippen LogP contribution < -0.4 is 11.3 Å². The lowest BCUT2D eigenvalue weighted by atomic mass is 10.1. The number of nitrogen functional groups attached to an aromatic ring is 1. The van der Waals surface area contributed by atoms with Gasteiger partial charge in [0.05, 0.1) is 12.9 Å². The number of H-pyrrole nitrogens is 1. The zero-order chi connectivity index (χ0) is 24.1. The summed E-state index contributed by atoms with van der Waals surface area (Å²) in [4.78, 5) is 58.1. The van der Waals surface area contributed by atoms with Gasteiger partial charge in [0, 0.05) is 0 Å². The van der Waals surface area contributed by atoms with Gasteiger partial charge in [0.1, 0.15) is 18.3 Å². The molecule has 0 amide bonds. The molecular formula is C11H18N5O13P3. The molecule has 0 aliphatic carbocycles. The summed E-state index contributed by atoms with van der Waals surface area (Å²) in [5, 5.41) is 20.5. The summed E-state index contributed by atoms with van der Waals surface area (Å²) in [6.45, 7) is -0.957. The Labute approximate surface area is 176 Å². The van der Waals surface area contributed by atoms with Crippen LogP contribution in [0.1, 0.15) is 6.23 Å². The predicted molar refractivity (Wildman–Crippen MR) is 102 cm³/mol. The van der Waals surface area contributed by atoms with Crippen molar-refractivity contribution in [2.45, 2.75) is 24.5 Å². The van der Waals surface area contributed by atoms with E-state index in [1.807, 2.05) is 0 Å². The van der Waals surface area contributed by atoms with Crippen molar-refractivity contribution in [1.29, 1.82) is 0 Å². The maximum absolute atomic E-state index is 11.9. The summed E-state index contributed by atoms with van der Waals surface area (Å²) in [6.07, 6.45) is -5.19. The lowest BCUT2D eigenvalue weighted by molar-refractivity contribution is -0.0501. The average Bonchev–Trinajstić information content (AvgIpc) is 3.12. The zero-order valence-electron chi connectivity index (χ0n) is 15.6. The number of aliphatic hydroxyl groups excluding tert-OH is 2. The Balaban J connectivity index is 1.72. The Morgan fingerprint density at radius 3 is 2.47 bits per heavy atom. The molecule has 2 aromatic heterocycles. The maximum Gasteiger partial charge on any atom is 0.479 e. The first-order valence-electron chi connectivity index (χ1n) is 8.37. The van der Waals surface area contributed by atoms with Gasteiger partial charge in [0.2, 0.25) is 5.95 Å². The molecule has 3 heterocycles. The molecule has 0 bridgehead atoms. The van der Waals surface area contributed by atoms with Crippen molar-refractivity contribution in [3.63, 3.8) is 0 Å². The van der Waals surface area contributed by atoms with Crippen LogP contribution >= 0.6 is 23.0 Å². The van der Waals surface area contributed by atoms with Crippen LogP contribution in [0.4, 0.5) is 5.95 Å². The number of nitrogens with two attached hydrogens (primary N) is 1. The van der Waals surface area contributed by atoms with Crippen LogP contribution in [-0.4, -0.2) is 80.1 Å². The second-order valence-electron chi connectivity index (χ2n) is 6.61. The smallest absolute Gasteiger partial charge is 0.387 e. The molecule has 0 aromatic carbocycles. The number of hydrogen-bond acceptors (Lipinski definition) is 12. The number of rotatable bonds is 8. The number of aromatic amines is 1. The van der Waals surface area contributed by atoms with Crippen molar-refractivity contribution < 1.29 is 57.1 Å². The Bertz CT molecular complexity index is 1210. The van der Waals surface area contributed by atoms with Crippen LogP contribution in [0.15, 0.2) is 11.1 Å². The SMILES string of the molecule is Nc1nc2c(ncn2[C@@H]2O[C@H](COP(=O)(O)OP(=O)(O)CP(=O)(O)O)[C@@H](O)[C@@H]2O)c(=O)[nH]1. The van der Waals surface area contributed by atoms with Crippen molar-refractivity contribution in [2.24, 2.45) is 0 Å². The van der Waals surface area contributed by atoms with Gasteiger partial charge in [-0.2, -0.15) is 4.98 Å². The van der Waals surface area contributed by atoms with Crippen LogP contribution in [-0.2, 0) is 27.3 Å². The molecule has 3 rings (SSSR count). The highest BCUT2D eigenvalue weighted by Crippen LogP contribution is 2.65. The van der Waals surface area contributed by atoms with Gasteiger partial charge < -0.3 is 40.3 Å². The first-order valence-corrected chi connectivity index (χ1v) is 13.4. The van der Waals surface area contributed by atoms with E-state index in [9.17, 15) is 38.5 Å². The first-order chi connectivity index (χ1) is 14.6. The highest BCUT2D eigenvalue weighted by molar-refractivity contribution is 7.73. The van der Waals surface area contributed by atoms with E-state index >= 15 is 0 Å². The number of aromatic nitrogens is 4. The van der Waals surface area contributed by atoms with E-state index in [2.05, 4.69) is 23.8 Å². The van der Waals surface area contributed by atoms with E-state index in [-0.39, 0.29) is 17.1 Å². The molecule has 9 N–H and O–H groups in total. The molecule has 2 aromatic rings. The van der Waals surface area contributed by atoms with Crippen molar-refractivity contribution >= 4 is 40.1 Å². The van der Waals surface area contributed by atoms with Gasteiger partial charge in [0.15, 0.2) is 23.3 Å². The highest BCUT2D eigenvalue weighted by atomic mass is 31.3. The third-order valence-corrected chi connectivity index (χ3v) is 9.28. The van der Waals surface area contributed by atoms with Crippen molar-refractivity contribution in [1.82, 2.24) is 19.5 Å². The molecule has 0 radical (unpaired) electrons. The quantitative estimate of drug-likeness (QED) is 0.171. The second-order valence-corrected chi connectivity index (χ2v) is 12.2. The molecule has 18 nitrogen and oxygen atoms in total. The van der Waals surface area contributed by atoms with E-state index in [1.54, 1.807) is 0 Å². The van der Waals surface area contributed by atoms with Gasteiger partial charge in [-0.15, -0.1) is 0 Å². The molecule has 32 heavy (non-hydrogen) atoms. The maximum atomic E-state index is 11.9. The summed E-state index contributed by atoms with van der Waals surface area (Å²) < 4.78 is 49.1. The number of nitrogens with zero attached hydrogens (tertiary/aromatic N) is 3. The zero-order valence-corrected chi connectivity index (χ0v) is 18.3. The molecule has 1 saturated heterocycles. The standard InChI is InChI=1S/C11H18N5O13P3/c12-11-14-8-5(9(19)15-11)13-2-16(8)10-7(18)6(17)4(28-10)1-27-32(25,26)29-31(23,24)3-30(20,21)22/h2,4,6-7,10,17-18H,1,3H2,(H,23,24)(H,25,26)(H2,20,21,22)(H3,12,14,15,19)/t4-,6-,7+,10-/m1/s1. The van der Waals surface area contributed by atoms with Crippen LogP contribution in [0.3, 0.4) is 0 Å². The van der Waals surface area contributed by atoms with Gasteiger partial charge in [0.25, 0.3) is 5.56 Å². The number of anilines is 1. The molecule has 0 spiro atoms. The van der Waals surface area contributed by atoms with Crippen LogP contribution in [0.25, 0.3) is 11.2 Å². The van der Waals surface area contributed by atoms with Gasteiger partial charge in [-0.1, -0.05) is 0 Å². The Morgan fingerprint density at radius 1 is 1.19 bits per heavy atom. The number of imidazole rings is 1. The number of phosphoric ester groups is 1.